The number of ether oxygens (including phenoxy) is 2. The lowest BCUT2D eigenvalue weighted by atomic mass is 10.7. The van der Waals surface area contributed by atoms with Crippen molar-refractivity contribution in [3.63, 3.8) is 0 Å². The Balaban J connectivity index is 2.08. The van der Waals surface area contributed by atoms with E-state index in [2.05, 4.69) is 29.7 Å². The maximum absolute atomic E-state index is 12.1. The van der Waals surface area contributed by atoms with Crippen molar-refractivity contribution < 1.29 is 35.8 Å². The summed E-state index contributed by atoms with van der Waals surface area (Å²) in [5, 5.41) is 2.71. The van der Waals surface area contributed by atoms with Gasteiger partial charge in [0.1, 0.15) is 0 Å². The van der Waals surface area contributed by atoms with Crippen LogP contribution in [0.2, 0.25) is 0 Å². The first-order valence-electron chi connectivity index (χ1n) is 6.02. The fourth-order valence-electron chi connectivity index (χ4n) is 1.23. The van der Waals surface area contributed by atoms with Gasteiger partial charge in [0, 0.05) is 6.04 Å². The zero-order valence-electron chi connectivity index (χ0n) is 10.8. The van der Waals surface area contributed by atoms with Crippen molar-refractivity contribution in [2.24, 2.45) is 0 Å². The standard InChI is InChI=1S/C10H10F6N4O2/c11-9(12,13)3-21-7-18-6(17-5-1-2-5)19-8(20-7)22-4-10(14,15)16/h5H,1-4H2,(H,17,18,19,20). The molecule has 0 radical (unpaired) electrons. The van der Waals surface area contributed by atoms with Crippen molar-refractivity contribution in [1.82, 2.24) is 15.0 Å². The van der Waals surface area contributed by atoms with Gasteiger partial charge in [0.15, 0.2) is 13.2 Å². The van der Waals surface area contributed by atoms with E-state index in [-0.39, 0.29) is 12.0 Å². The summed E-state index contributed by atoms with van der Waals surface area (Å²) >= 11 is 0. The number of anilines is 1. The molecular formula is C10H10F6N4O2. The minimum atomic E-state index is -4.64. The number of rotatable bonds is 6. The van der Waals surface area contributed by atoms with Crippen LogP contribution in [-0.4, -0.2) is 46.6 Å². The lowest BCUT2D eigenvalue weighted by Gasteiger charge is -2.11. The van der Waals surface area contributed by atoms with Crippen LogP contribution in [0.1, 0.15) is 12.8 Å². The van der Waals surface area contributed by atoms with Gasteiger partial charge in [-0.1, -0.05) is 0 Å². The molecule has 2 rings (SSSR count). The Morgan fingerprint density at radius 2 is 1.32 bits per heavy atom. The molecule has 6 nitrogen and oxygen atoms in total. The van der Waals surface area contributed by atoms with Crippen molar-refractivity contribution in [1.29, 1.82) is 0 Å². The van der Waals surface area contributed by atoms with Crippen molar-refractivity contribution in [3.8, 4) is 12.0 Å². The van der Waals surface area contributed by atoms with Crippen LogP contribution in [0.5, 0.6) is 12.0 Å². The third kappa shape index (κ3) is 6.18. The number of hydrogen-bond donors (Lipinski definition) is 1. The van der Waals surface area contributed by atoms with E-state index in [9.17, 15) is 26.3 Å². The highest BCUT2D eigenvalue weighted by Gasteiger charge is 2.31. The molecule has 1 fully saturated rings. The Kier molecular flexibility index (Phi) is 4.47. The minimum absolute atomic E-state index is 0.0216. The number of halogens is 6. The number of hydrogen-bond acceptors (Lipinski definition) is 6. The van der Waals surface area contributed by atoms with Crippen LogP contribution >= 0.6 is 0 Å². The van der Waals surface area contributed by atoms with Crippen molar-refractivity contribution >= 4 is 5.95 Å². The highest BCUT2D eigenvalue weighted by atomic mass is 19.4. The molecule has 0 amide bonds. The normalized spacial score (nSPS) is 15.5. The molecule has 0 aromatic carbocycles. The molecule has 1 aromatic heterocycles. The molecule has 0 saturated heterocycles. The minimum Gasteiger partial charge on any atom is -0.454 e. The van der Waals surface area contributed by atoms with Crippen LogP contribution in [0.25, 0.3) is 0 Å². The quantitative estimate of drug-likeness (QED) is 0.807. The lowest BCUT2D eigenvalue weighted by molar-refractivity contribution is -0.156. The maximum atomic E-state index is 12.1. The molecule has 1 aliphatic carbocycles. The van der Waals surface area contributed by atoms with E-state index in [4.69, 9.17) is 0 Å². The second-order valence-electron chi connectivity index (χ2n) is 4.45. The van der Waals surface area contributed by atoms with Gasteiger partial charge in [0.25, 0.3) is 0 Å². The van der Waals surface area contributed by atoms with Gasteiger partial charge in [0.2, 0.25) is 5.95 Å². The van der Waals surface area contributed by atoms with E-state index in [1.807, 2.05) is 0 Å². The van der Waals surface area contributed by atoms with Crippen LogP contribution in [0.3, 0.4) is 0 Å². The van der Waals surface area contributed by atoms with Gasteiger partial charge in [-0.3, -0.25) is 0 Å². The molecule has 0 spiro atoms. The second-order valence-corrected chi connectivity index (χ2v) is 4.45. The number of alkyl halides is 6. The van der Waals surface area contributed by atoms with Gasteiger partial charge in [-0.05, 0) is 12.8 Å². The fourth-order valence-corrected chi connectivity index (χ4v) is 1.23. The third-order valence-corrected chi connectivity index (χ3v) is 2.23. The van der Waals surface area contributed by atoms with Gasteiger partial charge in [0.05, 0.1) is 0 Å². The highest BCUT2D eigenvalue weighted by molar-refractivity contribution is 5.30. The van der Waals surface area contributed by atoms with Crippen molar-refractivity contribution in [2.45, 2.75) is 31.2 Å². The predicted octanol–water partition coefficient (Wildman–Crippen LogP) is 2.33. The molecule has 0 aliphatic heterocycles. The molecular weight excluding hydrogens is 322 g/mol. The van der Waals surface area contributed by atoms with Crippen LogP contribution < -0.4 is 14.8 Å². The Morgan fingerprint density at radius 1 is 0.864 bits per heavy atom. The first kappa shape index (κ1) is 16.4. The zero-order valence-corrected chi connectivity index (χ0v) is 10.8. The van der Waals surface area contributed by atoms with E-state index < -0.39 is 37.6 Å². The van der Waals surface area contributed by atoms with Crippen LogP contribution in [0.15, 0.2) is 0 Å². The van der Waals surface area contributed by atoms with Crippen LogP contribution in [-0.2, 0) is 0 Å². The van der Waals surface area contributed by atoms with Gasteiger partial charge in [-0.15, -0.1) is 4.98 Å². The smallest absolute Gasteiger partial charge is 0.422 e. The fraction of sp³-hybridized carbons (Fsp3) is 0.700. The molecule has 1 N–H and O–H groups in total. The van der Waals surface area contributed by atoms with Crippen LogP contribution in [0, 0.1) is 0 Å². The summed E-state index contributed by atoms with van der Waals surface area (Å²) in [5.41, 5.74) is 0. The molecule has 1 aliphatic rings. The van der Waals surface area contributed by atoms with Gasteiger partial charge in [-0.25, -0.2) is 0 Å². The number of aromatic nitrogens is 3. The van der Waals surface area contributed by atoms with Crippen molar-refractivity contribution in [2.75, 3.05) is 18.5 Å². The predicted molar refractivity (Wildman–Crippen MR) is 59.6 cm³/mol. The maximum Gasteiger partial charge on any atom is 0.422 e. The Morgan fingerprint density at radius 3 is 1.68 bits per heavy atom. The molecule has 0 atom stereocenters. The van der Waals surface area contributed by atoms with E-state index >= 15 is 0 Å². The number of nitrogens with zero attached hydrogens (tertiary/aromatic N) is 3. The molecule has 22 heavy (non-hydrogen) atoms. The van der Waals surface area contributed by atoms with Crippen molar-refractivity contribution in [3.05, 3.63) is 0 Å². The molecule has 124 valence electrons. The summed E-state index contributed by atoms with van der Waals surface area (Å²) in [6, 6.07) is -1.52. The summed E-state index contributed by atoms with van der Waals surface area (Å²) in [6.07, 6.45) is -7.68. The average Bonchev–Trinajstić information content (AvgIpc) is 3.16. The topological polar surface area (TPSA) is 69.2 Å². The molecule has 0 bridgehead atoms. The van der Waals surface area contributed by atoms with Gasteiger partial charge >= 0.3 is 24.4 Å². The monoisotopic (exact) mass is 332 g/mol. The summed E-state index contributed by atoms with van der Waals surface area (Å²) in [6.45, 7) is -3.36. The van der Waals surface area contributed by atoms with E-state index in [1.54, 1.807) is 0 Å². The Labute approximate surface area is 119 Å². The van der Waals surface area contributed by atoms with E-state index in [1.165, 1.54) is 0 Å². The van der Waals surface area contributed by atoms with Gasteiger partial charge < -0.3 is 14.8 Å². The zero-order chi connectivity index (χ0) is 16.4. The average molecular weight is 332 g/mol. The summed E-state index contributed by atoms with van der Waals surface area (Å²) in [5.74, 6) is -0.202. The van der Waals surface area contributed by atoms with Crippen LogP contribution in [0.4, 0.5) is 32.3 Å². The Bertz CT molecular complexity index is 481. The second kappa shape index (κ2) is 6.01. The number of nitrogens with one attached hydrogen (secondary N) is 1. The highest BCUT2D eigenvalue weighted by Crippen LogP contribution is 2.25. The Hall–Kier alpha value is -2.01. The third-order valence-electron chi connectivity index (χ3n) is 2.23. The summed E-state index contributed by atoms with van der Waals surface area (Å²) < 4.78 is 81.0. The molecule has 1 saturated carbocycles. The SMILES string of the molecule is FC(F)(F)COc1nc(NC2CC2)nc(OCC(F)(F)F)n1. The largest absolute Gasteiger partial charge is 0.454 e. The summed E-state index contributed by atoms with van der Waals surface area (Å²) in [4.78, 5) is 10.3. The molecule has 1 aromatic rings. The molecule has 12 heteroatoms. The van der Waals surface area contributed by atoms with E-state index in [0.29, 0.717) is 0 Å². The van der Waals surface area contributed by atoms with E-state index in [0.717, 1.165) is 12.8 Å². The summed E-state index contributed by atoms with van der Waals surface area (Å²) in [7, 11) is 0. The lowest BCUT2D eigenvalue weighted by Crippen LogP contribution is -2.22. The molecule has 1 heterocycles. The first-order valence-corrected chi connectivity index (χ1v) is 6.02. The van der Waals surface area contributed by atoms with Gasteiger partial charge in [-0.2, -0.15) is 36.3 Å². The molecule has 0 unspecified atom stereocenters. The first-order chi connectivity index (χ1) is 10.1.